The number of carbonyl (C=O) groups excluding carboxylic acids is 2. The minimum Gasteiger partial charge on any atom is -0.495 e. The summed E-state index contributed by atoms with van der Waals surface area (Å²) >= 11 is 7.07. The molecule has 3 rings (SSSR count). The zero-order valence-corrected chi connectivity index (χ0v) is 18.6. The molecule has 8 nitrogen and oxygen atoms in total. The molecule has 1 saturated heterocycles. The maximum Gasteiger partial charge on any atom is 0.241 e. The van der Waals surface area contributed by atoms with Gasteiger partial charge >= 0.3 is 0 Å². The van der Waals surface area contributed by atoms with E-state index in [-0.39, 0.29) is 22.2 Å². The number of amides is 2. The van der Waals surface area contributed by atoms with Crippen LogP contribution in [0.4, 0.5) is 10.1 Å². The van der Waals surface area contributed by atoms with Gasteiger partial charge in [-0.25, -0.2) is 12.8 Å². The third-order valence-corrected chi connectivity index (χ3v) is 7.75. The van der Waals surface area contributed by atoms with E-state index in [0.29, 0.717) is 11.4 Å². The van der Waals surface area contributed by atoms with Gasteiger partial charge in [0.25, 0.3) is 0 Å². The van der Waals surface area contributed by atoms with Crippen LogP contribution in [0.5, 0.6) is 5.75 Å². The van der Waals surface area contributed by atoms with Crippen molar-refractivity contribution in [3.8, 4) is 5.75 Å². The average Bonchev–Trinajstić information content (AvgIpc) is 2.72. The van der Waals surface area contributed by atoms with Crippen molar-refractivity contribution in [1.82, 2.24) is 10.6 Å². The second-order valence-corrected chi connectivity index (χ2v) is 10.1. The summed E-state index contributed by atoms with van der Waals surface area (Å²) in [6.45, 7) is -0.138. The van der Waals surface area contributed by atoms with E-state index in [4.69, 9.17) is 16.3 Å². The largest absolute Gasteiger partial charge is 0.495 e. The Morgan fingerprint density at radius 2 is 2.10 bits per heavy atom. The molecule has 3 N–H and O–H groups in total. The topological polar surface area (TPSA) is 114 Å². The van der Waals surface area contributed by atoms with E-state index in [1.165, 1.54) is 43.5 Å². The first-order valence-corrected chi connectivity index (χ1v) is 12.0. The predicted octanol–water partition coefficient (Wildman–Crippen LogP) is 2.00. The van der Waals surface area contributed by atoms with Crippen LogP contribution in [0.15, 0.2) is 47.4 Å². The Bertz CT molecular complexity index is 1100. The van der Waals surface area contributed by atoms with E-state index in [1.54, 1.807) is 6.07 Å². The standard InChI is InChI=1S/C19H19ClFN3O5S2/c1-29-15-6-5-13(8-14(15)20)31(27,28)16-9-22-19(24-18(16)26)30-10-17(25)23-12-4-2-3-11(21)7-12/h2-8,16,19,22H,9-10H2,1H3,(H,23,25)(H,24,26). The number of hydrogen-bond acceptors (Lipinski definition) is 7. The fraction of sp³-hybridized carbons (Fsp3) is 0.263. The van der Waals surface area contributed by atoms with Crippen molar-refractivity contribution in [1.29, 1.82) is 0 Å². The van der Waals surface area contributed by atoms with Gasteiger partial charge in [-0.2, -0.15) is 0 Å². The summed E-state index contributed by atoms with van der Waals surface area (Å²) in [5.74, 6) is -1.28. The summed E-state index contributed by atoms with van der Waals surface area (Å²) < 4.78 is 43.9. The predicted molar refractivity (Wildman–Crippen MR) is 116 cm³/mol. The fourth-order valence-corrected chi connectivity index (χ4v) is 5.50. The molecule has 0 radical (unpaired) electrons. The number of nitrogens with one attached hydrogen (secondary N) is 3. The summed E-state index contributed by atoms with van der Waals surface area (Å²) in [5, 5.41) is 6.75. The van der Waals surface area contributed by atoms with Crippen molar-refractivity contribution in [2.24, 2.45) is 0 Å². The molecular formula is C19H19ClFN3O5S2. The number of rotatable bonds is 7. The second-order valence-electron chi connectivity index (χ2n) is 6.50. The smallest absolute Gasteiger partial charge is 0.241 e. The van der Waals surface area contributed by atoms with E-state index >= 15 is 0 Å². The van der Waals surface area contributed by atoms with Gasteiger partial charge in [0, 0.05) is 12.2 Å². The summed E-state index contributed by atoms with van der Waals surface area (Å²) in [7, 11) is -2.59. The van der Waals surface area contributed by atoms with Crippen LogP contribution in [-0.2, 0) is 19.4 Å². The number of methoxy groups -OCH3 is 1. The quantitative estimate of drug-likeness (QED) is 0.547. The van der Waals surface area contributed by atoms with Crippen LogP contribution in [0.1, 0.15) is 0 Å². The molecule has 166 valence electrons. The Hall–Kier alpha value is -2.34. The van der Waals surface area contributed by atoms with Crippen LogP contribution in [0.3, 0.4) is 0 Å². The number of benzene rings is 2. The zero-order chi connectivity index (χ0) is 22.6. The first-order chi connectivity index (χ1) is 14.7. The van der Waals surface area contributed by atoms with Gasteiger partial charge in [0.05, 0.1) is 22.8 Å². The zero-order valence-electron chi connectivity index (χ0n) is 16.2. The number of hydrogen-bond donors (Lipinski definition) is 3. The second kappa shape index (κ2) is 9.86. The molecule has 2 unspecified atom stereocenters. The highest BCUT2D eigenvalue weighted by Gasteiger charge is 2.38. The van der Waals surface area contributed by atoms with Crippen molar-refractivity contribution in [3.05, 3.63) is 53.3 Å². The molecule has 12 heteroatoms. The van der Waals surface area contributed by atoms with Crippen molar-refractivity contribution < 1.29 is 27.1 Å². The molecule has 0 spiro atoms. The van der Waals surface area contributed by atoms with Crippen molar-refractivity contribution in [3.63, 3.8) is 0 Å². The molecule has 1 fully saturated rings. The molecule has 0 saturated carbocycles. The lowest BCUT2D eigenvalue weighted by molar-refractivity contribution is -0.122. The van der Waals surface area contributed by atoms with Crippen LogP contribution >= 0.6 is 23.4 Å². The first kappa shape index (κ1) is 23.3. The van der Waals surface area contributed by atoms with Crippen LogP contribution in [0.25, 0.3) is 0 Å². The van der Waals surface area contributed by atoms with E-state index in [2.05, 4.69) is 16.0 Å². The molecule has 0 aliphatic carbocycles. The van der Waals surface area contributed by atoms with Crippen LogP contribution < -0.4 is 20.7 Å². The van der Waals surface area contributed by atoms with E-state index in [0.717, 1.165) is 11.8 Å². The SMILES string of the molecule is COc1ccc(S(=O)(=O)C2CNC(SCC(=O)Nc3cccc(F)c3)NC2=O)cc1Cl. The summed E-state index contributed by atoms with van der Waals surface area (Å²) in [6.07, 6.45) is 0. The van der Waals surface area contributed by atoms with Crippen LogP contribution in [0.2, 0.25) is 5.02 Å². The number of sulfone groups is 1. The number of ether oxygens (including phenoxy) is 1. The Balaban J connectivity index is 1.57. The highest BCUT2D eigenvalue weighted by atomic mass is 35.5. The van der Waals surface area contributed by atoms with Crippen molar-refractivity contribution in [2.45, 2.75) is 15.6 Å². The molecule has 0 aromatic heterocycles. The maximum absolute atomic E-state index is 13.2. The van der Waals surface area contributed by atoms with Gasteiger partial charge in [-0.05, 0) is 36.4 Å². The molecule has 31 heavy (non-hydrogen) atoms. The third-order valence-electron chi connectivity index (χ3n) is 4.37. The molecule has 2 aromatic rings. The van der Waals surface area contributed by atoms with Gasteiger partial charge < -0.3 is 15.4 Å². The lowest BCUT2D eigenvalue weighted by atomic mass is 10.3. The van der Waals surface area contributed by atoms with Gasteiger partial charge in [0.15, 0.2) is 15.1 Å². The van der Waals surface area contributed by atoms with Crippen LogP contribution in [0, 0.1) is 5.82 Å². The molecular weight excluding hydrogens is 469 g/mol. The Morgan fingerprint density at radius 3 is 2.74 bits per heavy atom. The Labute approximate surface area is 187 Å². The van der Waals surface area contributed by atoms with Crippen LogP contribution in [-0.4, -0.2) is 50.4 Å². The molecule has 1 aliphatic heterocycles. The van der Waals surface area contributed by atoms with Gasteiger partial charge in [0.1, 0.15) is 17.1 Å². The molecule has 1 aliphatic rings. The van der Waals surface area contributed by atoms with E-state index in [9.17, 15) is 22.4 Å². The van der Waals surface area contributed by atoms with Gasteiger partial charge in [-0.15, -0.1) is 11.8 Å². The van der Waals surface area contributed by atoms with Crippen molar-refractivity contribution in [2.75, 3.05) is 24.7 Å². The number of carbonyl (C=O) groups is 2. The van der Waals surface area contributed by atoms with Gasteiger partial charge in [-0.3, -0.25) is 14.9 Å². The fourth-order valence-electron chi connectivity index (χ4n) is 2.84. The minimum atomic E-state index is -4.00. The number of thioether (sulfide) groups is 1. The van der Waals surface area contributed by atoms with Gasteiger partial charge in [-0.1, -0.05) is 17.7 Å². The number of anilines is 1. The first-order valence-electron chi connectivity index (χ1n) is 8.99. The molecule has 0 bridgehead atoms. The van der Waals surface area contributed by atoms with E-state index in [1.807, 2.05) is 0 Å². The Morgan fingerprint density at radius 1 is 1.32 bits per heavy atom. The summed E-state index contributed by atoms with van der Waals surface area (Å²) in [5.41, 5.74) is -0.341. The molecule has 2 atom stereocenters. The monoisotopic (exact) mass is 487 g/mol. The highest BCUT2D eigenvalue weighted by Crippen LogP contribution is 2.29. The minimum absolute atomic E-state index is 0.0417. The molecule has 1 heterocycles. The normalized spacial score (nSPS) is 18.9. The average molecular weight is 488 g/mol. The van der Waals surface area contributed by atoms with E-state index < -0.39 is 38.2 Å². The number of halogens is 2. The maximum atomic E-state index is 13.2. The molecule has 2 amide bonds. The highest BCUT2D eigenvalue weighted by molar-refractivity contribution is 8.00. The Kier molecular flexibility index (Phi) is 7.42. The van der Waals surface area contributed by atoms with Crippen molar-refractivity contribution >= 4 is 50.7 Å². The third kappa shape index (κ3) is 5.67. The summed E-state index contributed by atoms with van der Waals surface area (Å²) in [6, 6.07) is 9.44. The molecule has 2 aromatic carbocycles. The lowest BCUT2D eigenvalue weighted by Crippen LogP contribution is -2.59. The summed E-state index contributed by atoms with van der Waals surface area (Å²) in [4.78, 5) is 24.4. The lowest BCUT2D eigenvalue weighted by Gasteiger charge is -2.29. The van der Waals surface area contributed by atoms with Gasteiger partial charge in [0.2, 0.25) is 11.8 Å².